The summed E-state index contributed by atoms with van der Waals surface area (Å²) in [5.74, 6) is 0.911. The van der Waals surface area contributed by atoms with Crippen LogP contribution in [-0.2, 0) is 9.31 Å². The summed E-state index contributed by atoms with van der Waals surface area (Å²) in [6, 6.07) is 4.04. The Hall–Kier alpha value is -1.20. The summed E-state index contributed by atoms with van der Waals surface area (Å²) in [6.45, 7) is 15.9. The number of nitrogens with one attached hydrogen (secondary N) is 1. The van der Waals surface area contributed by atoms with Gasteiger partial charge in [0.25, 0.3) is 0 Å². The van der Waals surface area contributed by atoms with E-state index in [-0.39, 0.29) is 18.3 Å². The molecule has 0 radical (unpaired) electrons. The lowest BCUT2D eigenvalue weighted by atomic mass is 9.75. The quantitative estimate of drug-likeness (QED) is 0.809. The van der Waals surface area contributed by atoms with Crippen molar-refractivity contribution in [2.24, 2.45) is 0 Å². The SMILES string of the molecule is CC.Cc1c(B2OC(C)(C)C(C)(C)O2)ccc2c1NCCO2. The van der Waals surface area contributed by atoms with Gasteiger partial charge in [-0.3, -0.25) is 0 Å². The second-order valence-corrected chi connectivity index (χ2v) is 6.52. The highest BCUT2D eigenvalue weighted by Gasteiger charge is 2.52. The van der Waals surface area contributed by atoms with Crippen molar-refractivity contribution in [3.05, 3.63) is 17.7 Å². The summed E-state index contributed by atoms with van der Waals surface area (Å²) in [6.07, 6.45) is 0. The Morgan fingerprint density at radius 2 is 1.64 bits per heavy atom. The van der Waals surface area contributed by atoms with Crippen molar-refractivity contribution in [2.75, 3.05) is 18.5 Å². The fraction of sp³-hybridized carbons (Fsp3) is 0.647. The number of fused-ring (bicyclic) bond motifs is 1. The Morgan fingerprint density at radius 1 is 1.05 bits per heavy atom. The Bertz CT molecular complexity index is 527. The molecule has 1 N–H and O–H groups in total. The molecular formula is C17H28BNO3. The maximum Gasteiger partial charge on any atom is 0.495 e. The van der Waals surface area contributed by atoms with Crippen LogP contribution in [0.4, 0.5) is 5.69 Å². The van der Waals surface area contributed by atoms with Crippen LogP contribution in [0.3, 0.4) is 0 Å². The predicted molar refractivity (Wildman–Crippen MR) is 92.2 cm³/mol. The lowest BCUT2D eigenvalue weighted by Crippen LogP contribution is -2.41. The van der Waals surface area contributed by atoms with Gasteiger partial charge in [0, 0.05) is 6.54 Å². The summed E-state index contributed by atoms with van der Waals surface area (Å²) in [4.78, 5) is 0. The van der Waals surface area contributed by atoms with E-state index < -0.39 is 0 Å². The molecular weight excluding hydrogens is 277 g/mol. The first-order valence-electron chi connectivity index (χ1n) is 8.18. The molecule has 0 bridgehead atoms. The molecule has 122 valence electrons. The molecule has 5 heteroatoms. The summed E-state index contributed by atoms with van der Waals surface area (Å²) in [5, 5.41) is 3.40. The van der Waals surface area contributed by atoms with E-state index in [2.05, 4.69) is 39.9 Å². The van der Waals surface area contributed by atoms with Gasteiger partial charge in [-0.05, 0) is 51.7 Å². The molecule has 0 saturated carbocycles. The molecule has 0 amide bonds. The minimum atomic E-state index is -0.325. The Labute approximate surface area is 134 Å². The fourth-order valence-corrected chi connectivity index (χ4v) is 2.61. The normalized spacial score (nSPS) is 21.1. The number of ether oxygens (including phenoxy) is 1. The molecule has 0 aromatic heterocycles. The zero-order chi connectivity index (χ0) is 16.5. The van der Waals surface area contributed by atoms with Gasteiger partial charge in [-0.2, -0.15) is 0 Å². The van der Waals surface area contributed by atoms with Crippen LogP contribution in [-0.4, -0.2) is 31.5 Å². The van der Waals surface area contributed by atoms with Gasteiger partial charge in [0.1, 0.15) is 12.4 Å². The van der Waals surface area contributed by atoms with Crippen molar-refractivity contribution in [3.63, 3.8) is 0 Å². The first-order valence-corrected chi connectivity index (χ1v) is 8.18. The molecule has 1 saturated heterocycles. The zero-order valence-electron chi connectivity index (χ0n) is 14.9. The maximum atomic E-state index is 6.13. The number of hydrogen-bond donors (Lipinski definition) is 1. The maximum absolute atomic E-state index is 6.13. The van der Waals surface area contributed by atoms with Crippen molar-refractivity contribution in [2.45, 2.75) is 59.7 Å². The van der Waals surface area contributed by atoms with Gasteiger partial charge in [-0.15, -0.1) is 0 Å². The minimum absolute atomic E-state index is 0.316. The molecule has 3 rings (SSSR count). The van der Waals surface area contributed by atoms with E-state index in [4.69, 9.17) is 14.0 Å². The van der Waals surface area contributed by atoms with Crippen molar-refractivity contribution in [3.8, 4) is 5.75 Å². The smallest absolute Gasteiger partial charge is 0.490 e. The molecule has 1 aromatic carbocycles. The third-order valence-corrected chi connectivity index (χ3v) is 4.64. The predicted octanol–water partition coefficient (Wildman–Crippen LogP) is 3.12. The van der Waals surface area contributed by atoms with Gasteiger partial charge < -0.3 is 19.4 Å². The van der Waals surface area contributed by atoms with E-state index in [0.29, 0.717) is 6.61 Å². The molecule has 2 heterocycles. The standard InChI is InChI=1S/C15H22BNO3.C2H6/c1-10-11(6-7-12-13(10)17-8-9-18-12)16-19-14(2,3)15(4,5)20-16;1-2/h6-7,17H,8-9H2,1-5H3;1-2H3. The number of rotatable bonds is 1. The summed E-state index contributed by atoms with van der Waals surface area (Å²) < 4.78 is 17.9. The second-order valence-electron chi connectivity index (χ2n) is 6.52. The van der Waals surface area contributed by atoms with Gasteiger partial charge in [-0.1, -0.05) is 19.9 Å². The molecule has 0 unspecified atom stereocenters. The van der Waals surface area contributed by atoms with Gasteiger partial charge in [0.05, 0.1) is 16.9 Å². The third-order valence-electron chi connectivity index (χ3n) is 4.64. The molecule has 0 spiro atoms. The number of benzene rings is 1. The minimum Gasteiger partial charge on any atom is -0.490 e. The van der Waals surface area contributed by atoms with Gasteiger partial charge >= 0.3 is 7.12 Å². The van der Waals surface area contributed by atoms with Crippen LogP contribution >= 0.6 is 0 Å². The van der Waals surface area contributed by atoms with E-state index in [1.54, 1.807) is 0 Å². The zero-order valence-corrected chi connectivity index (χ0v) is 14.9. The average Bonchev–Trinajstić information content (AvgIpc) is 2.70. The van der Waals surface area contributed by atoms with E-state index in [1.165, 1.54) is 0 Å². The van der Waals surface area contributed by atoms with Crippen LogP contribution in [0.2, 0.25) is 0 Å². The molecule has 0 atom stereocenters. The van der Waals surface area contributed by atoms with Crippen molar-refractivity contribution in [1.29, 1.82) is 0 Å². The first-order chi connectivity index (χ1) is 10.3. The molecule has 0 aliphatic carbocycles. The molecule has 22 heavy (non-hydrogen) atoms. The van der Waals surface area contributed by atoms with Crippen LogP contribution in [0.25, 0.3) is 0 Å². The molecule has 1 fully saturated rings. The van der Waals surface area contributed by atoms with Crippen molar-refractivity contribution in [1.82, 2.24) is 0 Å². The van der Waals surface area contributed by atoms with Gasteiger partial charge in [-0.25, -0.2) is 0 Å². The van der Waals surface area contributed by atoms with Crippen molar-refractivity contribution < 1.29 is 14.0 Å². The van der Waals surface area contributed by atoms with E-state index in [9.17, 15) is 0 Å². The van der Waals surface area contributed by atoms with Crippen LogP contribution < -0.4 is 15.5 Å². The number of anilines is 1. The highest BCUT2D eigenvalue weighted by molar-refractivity contribution is 6.62. The molecule has 2 aliphatic rings. The average molecular weight is 305 g/mol. The largest absolute Gasteiger partial charge is 0.495 e. The van der Waals surface area contributed by atoms with Crippen molar-refractivity contribution >= 4 is 18.3 Å². The second kappa shape index (κ2) is 6.13. The van der Waals surface area contributed by atoms with E-state index >= 15 is 0 Å². The lowest BCUT2D eigenvalue weighted by Gasteiger charge is -2.32. The molecule has 1 aromatic rings. The topological polar surface area (TPSA) is 39.7 Å². The highest BCUT2D eigenvalue weighted by atomic mass is 16.7. The van der Waals surface area contributed by atoms with Crippen LogP contribution in [0.5, 0.6) is 5.75 Å². The third kappa shape index (κ3) is 2.84. The van der Waals surface area contributed by atoms with Gasteiger partial charge in [0.15, 0.2) is 0 Å². The van der Waals surface area contributed by atoms with Crippen LogP contribution in [0.15, 0.2) is 12.1 Å². The van der Waals surface area contributed by atoms with Gasteiger partial charge in [0.2, 0.25) is 0 Å². The highest BCUT2D eigenvalue weighted by Crippen LogP contribution is 2.38. The van der Waals surface area contributed by atoms with Crippen LogP contribution in [0, 0.1) is 6.92 Å². The van der Waals surface area contributed by atoms with Crippen LogP contribution in [0.1, 0.15) is 47.1 Å². The Kier molecular flexibility index (Phi) is 4.78. The van der Waals surface area contributed by atoms with E-state index in [0.717, 1.165) is 29.0 Å². The first kappa shape index (κ1) is 17.2. The summed E-state index contributed by atoms with van der Waals surface area (Å²) in [7, 11) is -0.325. The lowest BCUT2D eigenvalue weighted by molar-refractivity contribution is 0.00578. The molecule has 2 aliphatic heterocycles. The Balaban J connectivity index is 0.000000847. The fourth-order valence-electron chi connectivity index (χ4n) is 2.61. The Morgan fingerprint density at radius 3 is 2.23 bits per heavy atom. The number of hydrogen-bond acceptors (Lipinski definition) is 4. The monoisotopic (exact) mass is 305 g/mol. The molecule has 4 nitrogen and oxygen atoms in total. The summed E-state index contributed by atoms with van der Waals surface area (Å²) in [5.41, 5.74) is 2.64. The van der Waals surface area contributed by atoms with E-state index in [1.807, 2.05) is 26.0 Å². The summed E-state index contributed by atoms with van der Waals surface area (Å²) >= 11 is 0.